The van der Waals surface area contributed by atoms with Gasteiger partial charge in [-0.1, -0.05) is 37.6 Å². The Bertz CT molecular complexity index is 730. The van der Waals surface area contributed by atoms with Crippen LogP contribution in [0.4, 0.5) is 11.4 Å². The zero-order chi connectivity index (χ0) is 18.2. The molecule has 4 heteroatoms. The first-order valence-corrected chi connectivity index (χ1v) is 9.27. The Morgan fingerprint density at radius 2 is 1.77 bits per heavy atom. The normalized spacial score (nSPS) is 14.6. The molecule has 0 radical (unpaired) electrons. The van der Waals surface area contributed by atoms with E-state index < -0.39 is 0 Å². The van der Waals surface area contributed by atoms with E-state index in [1.54, 1.807) is 0 Å². The molecule has 2 aromatic carbocycles. The number of carbonyl (C=O) groups excluding carboxylic acids is 1. The molecule has 0 aliphatic carbocycles. The molecule has 0 aromatic heterocycles. The Kier molecular flexibility index (Phi) is 6.45. The first-order chi connectivity index (χ1) is 12.8. The van der Waals surface area contributed by atoms with Crippen molar-refractivity contribution in [2.75, 3.05) is 36.5 Å². The third-order valence-electron chi connectivity index (χ3n) is 4.44. The number of hydrogen-bond donors (Lipinski definition) is 1. The Morgan fingerprint density at radius 1 is 1.08 bits per heavy atom. The van der Waals surface area contributed by atoms with Crippen LogP contribution in [0.5, 0.6) is 0 Å². The molecule has 0 bridgehead atoms. The maximum absolute atomic E-state index is 12.4. The molecule has 4 nitrogen and oxygen atoms in total. The molecule has 1 aliphatic rings. The molecule has 1 saturated heterocycles. The van der Waals surface area contributed by atoms with E-state index in [9.17, 15) is 4.79 Å². The summed E-state index contributed by atoms with van der Waals surface area (Å²) in [4.78, 5) is 14.7. The number of benzene rings is 2. The topological polar surface area (TPSA) is 41.6 Å². The highest BCUT2D eigenvalue weighted by Crippen LogP contribution is 2.19. The number of carbonyl (C=O) groups is 1. The molecule has 1 amide bonds. The van der Waals surface area contributed by atoms with Crippen LogP contribution in [-0.2, 0) is 4.74 Å². The van der Waals surface area contributed by atoms with Gasteiger partial charge in [0, 0.05) is 30.0 Å². The van der Waals surface area contributed by atoms with E-state index in [-0.39, 0.29) is 5.91 Å². The minimum absolute atomic E-state index is 0.0896. The molecule has 2 aromatic rings. The van der Waals surface area contributed by atoms with Crippen molar-refractivity contribution < 1.29 is 9.53 Å². The standard InChI is InChI=1S/C22H26N2O2/c1-2-3-4-5-18-6-8-19(9-7-18)22(25)23-20-10-12-21(13-11-20)24-14-16-26-17-15-24/h4-13H,2-3,14-17H2,1H3,(H,23,25)/b5-4+. The fourth-order valence-electron chi connectivity index (χ4n) is 2.91. The molecular formula is C22H26N2O2. The van der Waals surface area contributed by atoms with Crippen LogP contribution in [0.3, 0.4) is 0 Å². The average Bonchev–Trinajstić information content (AvgIpc) is 2.70. The number of hydrogen-bond acceptors (Lipinski definition) is 3. The predicted molar refractivity (Wildman–Crippen MR) is 108 cm³/mol. The van der Waals surface area contributed by atoms with Crippen LogP contribution in [0.2, 0.25) is 0 Å². The predicted octanol–water partition coefficient (Wildman–Crippen LogP) is 4.59. The fourth-order valence-corrected chi connectivity index (χ4v) is 2.91. The van der Waals surface area contributed by atoms with Gasteiger partial charge in [-0.25, -0.2) is 0 Å². The van der Waals surface area contributed by atoms with Gasteiger partial charge in [0.25, 0.3) is 5.91 Å². The summed E-state index contributed by atoms with van der Waals surface area (Å²) in [6.45, 7) is 5.50. The van der Waals surface area contributed by atoms with Crippen molar-refractivity contribution in [3.8, 4) is 0 Å². The fraction of sp³-hybridized carbons (Fsp3) is 0.318. The highest BCUT2D eigenvalue weighted by atomic mass is 16.5. The van der Waals surface area contributed by atoms with Gasteiger partial charge in [-0.15, -0.1) is 0 Å². The number of allylic oxidation sites excluding steroid dienone is 1. The van der Waals surface area contributed by atoms with Crippen molar-refractivity contribution in [2.45, 2.75) is 19.8 Å². The molecule has 0 saturated carbocycles. The minimum atomic E-state index is -0.0896. The number of anilines is 2. The van der Waals surface area contributed by atoms with Crippen molar-refractivity contribution in [2.24, 2.45) is 0 Å². The maximum Gasteiger partial charge on any atom is 0.255 e. The minimum Gasteiger partial charge on any atom is -0.378 e. The summed E-state index contributed by atoms with van der Waals surface area (Å²) >= 11 is 0. The van der Waals surface area contributed by atoms with Crippen molar-refractivity contribution in [3.05, 3.63) is 65.7 Å². The van der Waals surface area contributed by atoms with Crippen molar-refractivity contribution in [3.63, 3.8) is 0 Å². The van der Waals surface area contributed by atoms with Gasteiger partial charge < -0.3 is 15.0 Å². The summed E-state index contributed by atoms with van der Waals surface area (Å²) in [5.74, 6) is -0.0896. The Morgan fingerprint density at radius 3 is 2.42 bits per heavy atom. The van der Waals surface area contributed by atoms with Crippen LogP contribution >= 0.6 is 0 Å². The third-order valence-corrected chi connectivity index (χ3v) is 4.44. The Balaban J connectivity index is 1.58. The second-order valence-electron chi connectivity index (χ2n) is 6.41. The number of rotatable bonds is 6. The zero-order valence-electron chi connectivity index (χ0n) is 15.3. The van der Waals surface area contributed by atoms with Crippen LogP contribution in [0.1, 0.15) is 35.7 Å². The average molecular weight is 350 g/mol. The van der Waals surface area contributed by atoms with Crippen LogP contribution in [0.25, 0.3) is 6.08 Å². The molecule has 26 heavy (non-hydrogen) atoms. The zero-order valence-corrected chi connectivity index (χ0v) is 15.3. The Labute approximate surface area is 155 Å². The lowest BCUT2D eigenvalue weighted by molar-refractivity contribution is 0.102. The van der Waals surface area contributed by atoms with Crippen molar-refractivity contribution in [1.82, 2.24) is 0 Å². The maximum atomic E-state index is 12.4. The smallest absolute Gasteiger partial charge is 0.255 e. The molecule has 0 unspecified atom stereocenters. The molecular weight excluding hydrogens is 324 g/mol. The molecule has 1 aliphatic heterocycles. The van der Waals surface area contributed by atoms with Gasteiger partial charge in [0.1, 0.15) is 0 Å². The van der Waals surface area contributed by atoms with E-state index in [4.69, 9.17) is 4.74 Å². The van der Waals surface area contributed by atoms with E-state index in [2.05, 4.69) is 29.3 Å². The van der Waals surface area contributed by atoms with E-state index in [1.165, 1.54) is 0 Å². The van der Waals surface area contributed by atoms with Gasteiger partial charge >= 0.3 is 0 Å². The van der Waals surface area contributed by atoms with Crippen molar-refractivity contribution >= 4 is 23.4 Å². The first kappa shape index (κ1) is 18.2. The van der Waals surface area contributed by atoms with Gasteiger partial charge in [0.15, 0.2) is 0 Å². The third kappa shape index (κ3) is 4.96. The second kappa shape index (κ2) is 9.20. The van der Waals surface area contributed by atoms with E-state index in [1.807, 2.05) is 48.5 Å². The lowest BCUT2D eigenvalue weighted by Crippen LogP contribution is -2.36. The summed E-state index contributed by atoms with van der Waals surface area (Å²) < 4.78 is 5.38. The largest absolute Gasteiger partial charge is 0.378 e. The number of unbranched alkanes of at least 4 members (excludes halogenated alkanes) is 1. The molecule has 3 rings (SSSR count). The summed E-state index contributed by atoms with van der Waals surface area (Å²) in [6.07, 6.45) is 6.46. The van der Waals surface area contributed by atoms with Gasteiger partial charge in [-0.3, -0.25) is 4.79 Å². The summed E-state index contributed by atoms with van der Waals surface area (Å²) in [7, 11) is 0. The molecule has 0 spiro atoms. The van der Waals surface area contributed by atoms with E-state index in [0.717, 1.165) is 56.1 Å². The quantitative estimate of drug-likeness (QED) is 0.828. The van der Waals surface area contributed by atoms with Gasteiger partial charge in [0.2, 0.25) is 0 Å². The lowest BCUT2D eigenvalue weighted by Gasteiger charge is -2.28. The van der Waals surface area contributed by atoms with Gasteiger partial charge in [-0.05, 0) is 48.4 Å². The van der Waals surface area contributed by atoms with E-state index in [0.29, 0.717) is 5.56 Å². The van der Waals surface area contributed by atoms with Crippen LogP contribution in [0.15, 0.2) is 54.6 Å². The van der Waals surface area contributed by atoms with Gasteiger partial charge in [0.05, 0.1) is 13.2 Å². The molecule has 1 heterocycles. The monoisotopic (exact) mass is 350 g/mol. The number of morpholine rings is 1. The van der Waals surface area contributed by atoms with Crippen molar-refractivity contribution in [1.29, 1.82) is 0 Å². The molecule has 1 N–H and O–H groups in total. The van der Waals surface area contributed by atoms with Gasteiger partial charge in [-0.2, -0.15) is 0 Å². The highest BCUT2D eigenvalue weighted by molar-refractivity contribution is 6.04. The SMILES string of the molecule is CCC/C=C/c1ccc(C(=O)Nc2ccc(N3CCOCC3)cc2)cc1. The Hall–Kier alpha value is -2.59. The number of nitrogens with zero attached hydrogens (tertiary/aromatic N) is 1. The number of ether oxygens (including phenoxy) is 1. The summed E-state index contributed by atoms with van der Waals surface area (Å²) in [5, 5.41) is 2.96. The number of amides is 1. The first-order valence-electron chi connectivity index (χ1n) is 9.27. The van der Waals surface area contributed by atoms with Crippen LogP contribution < -0.4 is 10.2 Å². The molecule has 136 valence electrons. The van der Waals surface area contributed by atoms with Crippen LogP contribution in [-0.4, -0.2) is 32.2 Å². The summed E-state index contributed by atoms with van der Waals surface area (Å²) in [5.41, 5.74) is 3.74. The lowest BCUT2D eigenvalue weighted by atomic mass is 10.1. The van der Waals surface area contributed by atoms with E-state index >= 15 is 0 Å². The molecule has 1 fully saturated rings. The second-order valence-corrected chi connectivity index (χ2v) is 6.41. The number of nitrogens with one attached hydrogen (secondary N) is 1. The van der Waals surface area contributed by atoms with Crippen LogP contribution in [0, 0.1) is 0 Å². The molecule has 0 atom stereocenters. The summed E-state index contributed by atoms with van der Waals surface area (Å²) in [6, 6.07) is 15.7. The highest BCUT2D eigenvalue weighted by Gasteiger charge is 2.11.